The van der Waals surface area contributed by atoms with Gasteiger partial charge in [0.1, 0.15) is 5.54 Å². The minimum absolute atomic E-state index is 0.130. The van der Waals surface area contributed by atoms with E-state index in [1.54, 1.807) is 6.92 Å². The van der Waals surface area contributed by atoms with Gasteiger partial charge in [-0.05, 0) is 41.3 Å². The SMILES string of the molecule is CC(=O)C(c1ccccc1)(c1ccccc1)N1CCN(C(c2ccccc2)c2ccc(Cl)cc2)CC1. The number of rotatable bonds is 7. The minimum atomic E-state index is -0.808. The van der Waals surface area contributed by atoms with E-state index in [-0.39, 0.29) is 11.8 Å². The second-order valence-corrected chi connectivity index (χ2v) is 9.82. The molecule has 1 atom stereocenters. The van der Waals surface area contributed by atoms with Crippen molar-refractivity contribution < 1.29 is 4.79 Å². The van der Waals surface area contributed by atoms with E-state index in [0.29, 0.717) is 0 Å². The zero-order valence-electron chi connectivity index (χ0n) is 20.6. The van der Waals surface area contributed by atoms with Crippen LogP contribution in [0, 0.1) is 0 Å². The maximum Gasteiger partial charge on any atom is 0.159 e. The van der Waals surface area contributed by atoms with Crippen LogP contribution in [-0.2, 0) is 10.3 Å². The summed E-state index contributed by atoms with van der Waals surface area (Å²) >= 11 is 6.21. The molecular formula is C32H31ClN2O. The smallest absolute Gasteiger partial charge is 0.159 e. The molecule has 1 fully saturated rings. The first-order chi connectivity index (χ1) is 17.6. The lowest BCUT2D eigenvalue weighted by atomic mass is 9.77. The van der Waals surface area contributed by atoms with E-state index in [1.165, 1.54) is 11.1 Å². The molecule has 4 aromatic rings. The Hall–Kier alpha value is -3.24. The van der Waals surface area contributed by atoms with E-state index >= 15 is 0 Å². The molecule has 0 spiro atoms. The van der Waals surface area contributed by atoms with E-state index in [0.717, 1.165) is 42.3 Å². The van der Waals surface area contributed by atoms with Crippen LogP contribution in [0.15, 0.2) is 115 Å². The van der Waals surface area contributed by atoms with Gasteiger partial charge < -0.3 is 0 Å². The molecule has 1 aliphatic heterocycles. The van der Waals surface area contributed by atoms with Crippen LogP contribution in [0.4, 0.5) is 0 Å². The number of nitrogens with zero attached hydrogens (tertiary/aromatic N) is 2. The van der Waals surface area contributed by atoms with Gasteiger partial charge in [0.2, 0.25) is 0 Å². The molecule has 1 saturated heterocycles. The summed E-state index contributed by atoms with van der Waals surface area (Å²) in [5.74, 6) is 0.144. The number of hydrogen-bond acceptors (Lipinski definition) is 3. The van der Waals surface area contributed by atoms with Gasteiger partial charge >= 0.3 is 0 Å². The molecule has 3 nitrogen and oxygen atoms in total. The summed E-state index contributed by atoms with van der Waals surface area (Å²) in [7, 11) is 0. The van der Waals surface area contributed by atoms with Crippen molar-refractivity contribution in [1.82, 2.24) is 9.80 Å². The number of halogens is 1. The highest BCUT2D eigenvalue weighted by Gasteiger charge is 2.46. The van der Waals surface area contributed by atoms with Crippen LogP contribution in [0.3, 0.4) is 0 Å². The molecule has 4 aromatic carbocycles. The summed E-state index contributed by atoms with van der Waals surface area (Å²) in [5, 5.41) is 0.743. The second kappa shape index (κ2) is 10.8. The number of Topliss-reactive ketones (excluding diaryl/α,β-unsaturated/α-hetero) is 1. The van der Waals surface area contributed by atoms with Gasteiger partial charge in [0.25, 0.3) is 0 Å². The first-order valence-corrected chi connectivity index (χ1v) is 12.9. The highest BCUT2D eigenvalue weighted by Crippen LogP contribution is 2.39. The van der Waals surface area contributed by atoms with E-state index in [1.807, 2.05) is 48.5 Å². The molecule has 0 N–H and O–H groups in total. The van der Waals surface area contributed by atoms with Crippen LogP contribution in [0.2, 0.25) is 5.02 Å². The molecular weight excluding hydrogens is 464 g/mol. The van der Waals surface area contributed by atoms with E-state index in [9.17, 15) is 4.79 Å². The number of benzene rings is 4. The first-order valence-electron chi connectivity index (χ1n) is 12.5. The maximum atomic E-state index is 13.6. The average Bonchev–Trinajstić information content (AvgIpc) is 2.93. The third-order valence-corrected chi connectivity index (χ3v) is 7.60. The molecule has 36 heavy (non-hydrogen) atoms. The van der Waals surface area contributed by atoms with Crippen molar-refractivity contribution in [3.63, 3.8) is 0 Å². The van der Waals surface area contributed by atoms with E-state index in [4.69, 9.17) is 11.6 Å². The summed E-state index contributed by atoms with van der Waals surface area (Å²) in [6.07, 6.45) is 0. The maximum absolute atomic E-state index is 13.6. The lowest BCUT2D eigenvalue weighted by Gasteiger charge is -2.48. The normalized spacial score (nSPS) is 15.9. The van der Waals surface area contributed by atoms with Gasteiger partial charge in [-0.1, -0.05) is 115 Å². The van der Waals surface area contributed by atoms with Crippen LogP contribution in [0.5, 0.6) is 0 Å². The summed E-state index contributed by atoms with van der Waals surface area (Å²) in [6.45, 7) is 4.97. The molecule has 5 rings (SSSR count). The highest BCUT2D eigenvalue weighted by atomic mass is 35.5. The third kappa shape index (κ3) is 4.62. The molecule has 182 valence electrons. The lowest BCUT2D eigenvalue weighted by molar-refractivity contribution is -0.128. The molecule has 0 amide bonds. The third-order valence-electron chi connectivity index (χ3n) is 7.35. The summed E-state index contributed by atoms with van der Waals surface area (Å²) in [6, 6.07) is 39.4. The predicted octanol–water partition coefficient (Wildman–Crippen LogP) is 6.58. The molecule has 1 heterocycles. The molecule has 0 aromatic heterocycles. The van der Waals surface area contributed by atoms with Gasteiger partial charge in [-0.15, -0.1) is 0 Å². The minimum Gasteiger partial charge on any atom is -0.297 e. The van der Waals surface area contributed by atoms with Crippen molar-refractivity contribution in [1.29, 1.82) is 0 Å². The quantitative estimate of drug-likeness (QED) is 0.290. The molecule has 0 saturated carbocycles. The van der Waals surface area contributed by atoms with Gasteiger partial charge in [0.15, 0.2) is 5.78 Å². The zero-order chi connectivity index (χ0) is 25.0. The molecule has 0 bridgehead atoms. The largest absolute Gasteiger partial charge is 0.297 e. The predicted molar refractivity (Wildman–Crippen MR) is 147 cm³/mol. The van der Waals surface area contributed by atoms with Crippen molar-refractivity contribution >= 4 is 17.4 Å². The lowest BCUT2D eigenvalue weighted by Crippen LogP contribution is -2.59. The summed E-state index contributed by atoms with van der Waals surface area (Å²) < 4.78 is 0. The van der Waals surface area contributed by atoms with E-state index < -0.39 is 5.54 Å². The summed E-state index contributed by atoms with van der Waals surface area (Å²) in [5.41, 5.74) is 3.72. The Morgan fingerprint density at radius 3 is 1.58 bits per heavy atom. The number of carbonyl (C=O) groups is 1. The number of piperazine rings is 1. The molecule has 0 aliphatic carbocycles. The number of hydrogen-bond donors (Lipinski definition) is 0. The number of ketones is 1. The van der Waals surface area contributed by atoms with Gasteiger partial charge in [0.05, 0.1) is 6.04 Å². The fraction of sp³-hybridized carbons (Fsp3) is 0.219. The Bertz CT molecular complexity index is 1230. The first kappa shape index (κ1) is 24.5. The van der Waals surface area contributed by atoms with Crippen LogP contribution in [0.25, 0.3) is 0 Å². The Labute approximate surface area is 219 Å². The Balaban J connectivity index is 1.50. The van der Waals surface area contributed by atoms with Crippen LogP contribution in [0.1, 0.15) is 35.2 Å². The van der Waals surface area contributed by atoms with Crippen molar-refractivity contribution in [2.75, 3.05) is 26.2 Å². The van der Waals surface area contributed by atoms with Crippen molar-refractivity contribution in [2.45, 2.75) is 18.5 Å². The fourth-order valence-corrected chi connectivity index (χ4v) is 5.86. The standard InChI is InChI=1S/C32H31ClN2O/c1-25(36)32(28-13-7-3-8-14-28,29-15-9-4-10-16-29)35-23-21-34(22-24-35)31(26-11-5-2-6-12-26)27-17-19-30(33)20-18-27/h2-20,31H,21-24H2,1H3. The van der Waals surface area contributed by atoms with Crippen LogP contribution >= 0.6 is 11.6 Å². The highest BCUT2D eigenvalue weighted by molar-refractivity contribution is 6.30. The second-order valence-electron chi connectivity index (χ2n) is 9.39. The van der Waals surface area contributed by atoms with Crippen LogP contribution < -0.4 is 0 Å². The Morgan fingerprint density at radius 2 is 1.11 bits per heavy atom. The van der Waals surface area contributed by atoms with Crippen molar-refractivity contribution in [3.8, 4) is 0 Å². The fourth-order valence-electron chi connectivity index (χ4n) is 5.73. The molecule has 0 radical (unpaired) electrons. The van der Waals surface area contributed by atoms with Crippen LogP contribution in [-0.4, -0.2) is 41.8 Å². The zero-order valence-corrected chi connectivity index (χ0v) is 21.3. The number of carbonyl (C=O) groups excluding carboxylic acids is 1. The molecule has 1 aliphatic rings. The Kier molecular flexibility index (Phi) is 7.33. The summed E-state index contributed by atoms with van der Waals surface area (Å²) in [4.78, 5) is 18.5. The van der Waals surface area contributed by atoms with Gasteiger partial charge in [0, 0.05) is 31.2 Å². The molecule has 1 unspecified atom stereocenters. The topological polar surface area (TPSA) is 23.6 Å². The van der Waals surface area contributed by atoms with Gasteiger partial charge in [-0.2, -0.15) is 0 Å². The Morgan fingerprint density at radius 1 is 0.667 bits per heavy atom. The van der Waals surface area contributed by atoms with Crippen molar-refractivity contribution in [3.05, 3.63) is 143 Å². The monoisotopic (exact) mass is 494 g/mol. The average molecular weight is 495 g/mol. The van der Waals surface area contributed by atoms with E-state index in [2.05, 4.69) is 76.5 Å². The van der Waals surface area contributed by atoms with Crippen molar-refractivity contribution in [2.24, 2.45) is 0 Å². The van der Waals surface area contributed by atoms with Gasteiger partial charge in [-0.3, -0.25) is 14.6 Å². The molecule has 4 heteroatoms. The van der Waals surface area contributed by atoms with Gasteiger partial charge in [-0.25, -0.2) is 0 Å².